The Hall–Kier alpha value is -2.08. The van der Waals surface area contributed by atoms with Crippen molar-refractivity contribution in [1.82, 2.24) is 4.90 Å². The van der Waals surface area contributed by atoms with Gasteiger partial charge in [0, 0.05) is 12.2 Å². The van der Waals surface area contributed by atoms with E-state index in [1.807, 2.05) is 26.0 Å². The second-order valence-corrected chi connectivity index (χ2v) is 5.70. The van der Waals surface area contributed by atoms with Gasteiger partial charge in [-0.1, -0.05) is 12.1 Å². The zero-order valence-electron chi connectivity index (χ0n) is 12.2. The lowest BCUT2D eigenvalue weighted by Crippen LogP contribution is -2.53. The molecule has 0 aromatic heterocycles. The van der Waals surface area contributed by atoms with Gasteiger partial charge in [-0.05, 0) is 31.5 Å². The summed E-state index contributed by atoms with van der Waals surface area (Å²) in [4.78, 5) is 25.3. The number of nitrogen functional groups attached to an aromatic ring is 1. The van der Waals surface area contributed by atoms with Crippen LogP contribution in [0, 0.1) is 0 Å². The van der Waals surface area contributed by atoms with E-state index in [-0.39, 0.29) is 19.1 Å². The second-order valence-electron chi connectivity index (χ2n) is 5.70. The number of carbonyl (C=O) groups excluding carboxylic acids is 1. The Morgan fingerprint density at radius 3 is 2.52 bits per heavy atom. The van der Waals surface area contributed by atoms with Crippen molar-refractivity contribution in [2.75, 3.05) is 25.4 Å². The van der Waals surface area contributed by atoms with Crippen LogP contribution >= 0.6 is 0 Å². The first kappa shape index (κ1) is 15.3. The van der Waals surface area contributed by atoms with Gasteiger partial charge in [-0.25, -0.2) is 4.79 Å². The lowest BCUT2D eigenvalue weighted by Gasteiger charge is -2.36. The van der Waals surface area contributed by atoms with Gasteiger partial charge >= 0.3 is 5.97 Å². The van der Waals surface area contributed by atoms with Gasteiger partial charge in [0.2, 0.25) is 5.91 Å². The van der Waals surface area contributed by atoms with Crippen molar-refractivity contribution in [2.24, 2.45) is 0 Å². The Labute approximate surface area is 123 Å². The Kier molecular flexibility index (Phi) is 4.18. The van der Waals surface area contributed by atoms with Gasteiger partial charge in [0.15, 0.2) is 6.10 Å². The molecule has 0 aliphatic carbocycles. The van der Waals surface area contributed by atoms with Crippen LogP contribution in [0.15, 0.2) is 24.3 Å². The molecule has 1 amide bonds. The molecular weight excluding hydrogens is 272 g/mol. The molecule has 3 N–H and O–H groups in total. The number of carboxylic acids is 1. The first-order valence-corrected chi connectivity index (χ1v) is 6.82. The van der Waals surface area contributed by atoms with E-state index < -0.39 is 17.5 Å². The fraction of sp³-hybridized carbons (Fsp3) is 0.467. The van der Waals surface area contributed by atoms with Crippen LogP contribution in [0.1, 0.15) is 19.4 Å². The molecule has 2 rings (SSSR count). The zero-order valence-corrected chi connectivity index (χ0v) is 12.2. The van der Waals surface area contributed by atoms with Gasteiger partial charge < -0.3 is 20.5 Å². The Morgan fingerprint density at radius 1 is 1.33 bits per heavy atom. The maximum absolute atomic E-state index is 12.7. The van der Waals surface area contributed by atoms with E-state index in [1.54, 1.807) is 17.0 Å². The smallest absolute Gasteiger partial charge is 0.334 e. The average molecular weight is 292 g/mol. The summed E-state index contributed by atoms with van der Waals surface area (Å²) in [6, 6.07) is 7.15. The van der Waals surface area contributed by atoms with Crippen LogP contribution in [-0.4, -0.2) is 47.7 Å². The van der Waals surface area contributed by atoms with Crippen molar-refractivity contribution in [3.05, 3.63) is 29.8 Å². The zero-order chi connectivity index (χ0) is 15.6. The normalized spacial score (nSPS) is 19.3. The largest absolute Gasteiger partial charge is 0.479 e. The number of hydrogen-bond donors (Lipinski definition) is 2. The van der Waals surface area contributed by atoms with Crippen LogP contribution in [0.3, 0.4) is 0 Å². The fourth-order valence-electron chi connectivity index (χ4n) is 2.40. The molecule has 1 heterocycles. The summed E-state index contributed by atoms with van der Waals surface area (Å²) in [5.74, 6) is -1.15. The van der Waals surface area contributed by atoms with E-state index in [0.717, 1.165) is 5.56 Å². The second kappa shape index (κ2) is 5.73. The molecule has 114 valence electrons. The van der Waals surface area contributed by atoms with Gasteiger partial charge in [-0.15, -0.1) is 0 Å². The van der Waals surface area contributed by atoms with Crippen molar-refractivity contribution in [1.29, 1.82) is 0 Å². The van der Waals surface area contributed by atoms with Crippen molar-refractivity contribution >= 4 is 17.6 Å². The maximum atomic E-state index is 12.7. The highest BCUT2D eigenvalue weighted by Gasteiger charge is 2.37. The van der Waals surface area contributed by atoms with Crippen LogP contribution in [0.2, 0.25) is 0 Å². The Balaban J connectivity index is 2.17. The first-order valence-electron chi connectivity index (χ1n) is 6.82. The lowest BCUT2D eigenvalue weighted by atomic mass is 9.83. The molecule has 1 aromatic rings. The molecule has 6 nitrogen and oxygen atoms in total. The molecule has 1 unspecified atom stereocenters. The molecule has 0 spiro atoms. The van der Waals surface area contributed by atoms with Crippen LogP contribution < -0.4 is 5.73 Å². The first-order chi connectivity index (χ1) is 9.82. The van der Waals surface area contributed by atoms with Crippen LogP contribution in [-0.2, 0) is 19.7 Å². The summed E-state index contributed by atoms with van der Waals surface area (Å²) < 4.78 is 5.14. The van der Waals surface area contributed by atoms with Crippen molar-refractivity contribution < 1.29 is 19.4 Å². The van der Waals surface area contributed by atoms with Crippen molar-refractivity contribution in [3.63, 3.8) is 0 Å². The number of carboxylic acid groups (broad SMARTS) is 1. The number of carbonyl (C=O) groups is 2. The molecule has 1 aromatic carbocycles. The topological polar surface area (TPSA) is 92.9 Å². The molecule has 1 aliphatic heterocycles. The van der Waals surface area contributed by atoms with E-state index in [0.29, 0.717) is 12.2 Å². The summed E-state index contributed by atoms with van der Waals surface area (Å²) in [6.45, 7) is 4.37. The van der Waals surface area contributed by atoms with E-state index in [2.05, 4.69) is 0 Å². The molecule has 1 aliphatic rings. The van der Waals surface area contributed by atoms with Gasteiger partial charge in [0.05, 0.1) is 18.6 Å². The third kappa shape index (κ3) is 3.16. The number of morpholine rings is 1. The number of nitrogens with two attached hydrogens (primary N) is 1. The molecule has 21 heavy (non-hydrogen) atoms. The highest BCUT2D eigenvalue weighted by molar-refractivity contribution is 5.88. The predicted octanol–water partition coefficient (Wildman–Crippen LogP) is 0.858. The third-order valence-corrected chi connectivity index (χ3v) is 3.80. The Bertz CT molecular complexity index is 539. The standard InChI is InChI=1S/C15H20N2O4/c1-15(2,10-3-5-11(16)6-4-10)14(20)17-7-8-21-12(9-17)13(18)19/h3-6,12H,7-9,16H2,1-2H3,(H,18,19). The average Bonchev–Trinajstić information content (AvgIpc) is 2.47. The summed E-state index contributed by atoms with van der Waals surface area (Å²) in [5.41, 5.74) is 6.41. The summed E-state index contributed by atoms with van der Waals surface area (Å²) >= 11 is 0. The molecule has 0 radical (unpaired) electrons. The van der Waals surface area contributed by atoms with E-state index >= 15 is 0 Å². The summed E-state index contributed by atoms with van der Waals surface area (Å²) in [5, 5.41) is 9.01. The predicted molar refractivity (Wildman–Crippen MR) is 77.8 cm³/mol. The minimum absolute atomic E-state index is 0.0760. The number of amides is 1. The molecule has 0 saturated carbocycles. The van der Waals surface area contributed by atoms with E-state index in [1.165, 1.54) is 0 Å². The molecule has 1 fully saturated rings. The molecular formula is C15H20N2O4. The Morgan fingerprint density at radius 2 is 1.95 bits per heavy atom. The number of benzene rings is 1. The quantitative estimate of drug-likeness (QED) is 0.806. The van der Waals surface area contributed by atoms with Crippen LogP contribution in [0.25, 0.3) is 0 Å². The number of hydrogen-bond acceptors (Lipinski definition) is 4. The molecule has 1 atom stereocenters. The highest BCUT2D eigenvalue weighted by atomic mass is 16.5. The van der Waals surface area contributed by atoms with Gasteiger partial charge in [0.25, 0.3) is 0 Å². The van der Waals surface area contributed by atoms with Crippen LogP contribution in [0.5, 0.6) is 0 Å². The summed E-state index contributed by atoms with van der Waals surface area (Å²) in [7, 11) is 0. The SMILES string of the molecule is CC(C)(C(=O)N1CCOC(C(=O)O)C1)c1ccc(N)cc1. The number of anilines is 1. The van der Waals surface area contributed by atoms with Gasteiger partial charge in [-0.2, -0.15) is 0 Å². The lowest BCUT2D eigenvalue weighted by molar-refractivity contribution is -0.160. The summed E-state index contributed by atoms with van der Waals surface area (Å²) in [6.07, 6.45) is -0.954. The maximum Gasteiger partial charge on any atom is 0.334 e. The minimum Gasteiger partial charge on any atom is -0.479 e. The number of rotatable bonds is 3. The van der Waals surface area contributed by atoms with E-state index in [9.17, 15) is 9.59 Å². The van der Waals surface area contributed by atoms with Crippen LogP contribution in [0.4, 0.5) is 5.69 Å². The molecule has 0 bridgehead atoms. The van der Waals surface area contributed by atoms with Gasteiger partial charge in [-0.3, -0.25) is 4.79 Å². The third-order valence-electron chi connectivity index (χ3n) is 3.80. The number of ether oxygens (including phenoxy) is 1. The van der Waals surface area contributed by atoms with Crippen molar-refractivity contribution in [3.8, 4) is 0 Å². The molecule has 1 saturated heterocycles. The number of nitrogens with zero attached hydrogens (tertiary/aromatic N) is 1. The number of aliphatic carboxylic acids is 1. The van der Waals surface area contributed by atoms with E-state index in [4.69, 9.17) is 15.6 Å². The minimum atomic E-state index is -1.04. The monoisotopic (exact) mass is 292 g/mol. The van der Waals surface area contributed by atoms with Crippen molar-refractivity contribution in [2.45, 2.75) is 25.4 Å². The fourth-order valence-corrected chi connectivity index (χ4v) is 2.40. The van der Waals surface area contributed by atoms with Gasteiger partial charge in [0.1, 0.15) is 0 Å². The molecule has 6 heteroatoms. The highest BCUT2D eigenvalue weighted by Crippen LogP contribution is 2.27.